The van der Waals surface area contributed by atoms with Crippen LogP contribution in [-0.4, -0.2) is 17.5 Å². The molecule has 1 aromatic heterocycles. The number of nitrogens with one attached hydrogen (secondary N) is 1. The molecule has 0 saturated carbocycles. The predicted octanol–water partition coefficient (Wildman–Crippen LogP) is 6.84. The van der Waals surface area contributed by atoms with Crippen LogP contribution < -0.4 is 10.1 Å². The second-order valence-electron chi connectivity index (χ2n) is 6.65. The number of ether oxygens (including phenoxy) is 1. The Balaban J connectivity index is 1.53. The molecule has 0 aliphatic carbocycles. The molecule has 0 spiro atoms. The van der Waals surface area contributed by atoms with Crippen LogP contribution in [0.15, 0.2) is 65.1 Å². The molecule has 0 radical (unpaired) electrons. The van der Waals surface area contributed by atoms with Crippen LogP contribution in [0.25, 0.3) is 22.6 Å². The number of fused-ring (bicyclic) bond motifs is 1. The Kier molecular flexibility index (Phi) is 5.93. The first-order valence-electron chi connectivity index (χ1n) is 9.43. The van der Waals surface area contributed by atoms with Crippen molar-refractivity contribution in [2.45, 2.75) is 13.3 Å². The molecule has 0 saturated heterocycles. The number of anilines is 1. The van der Waals surface area contributed by atoms with Gasteiger partial charge in [0, 0.05) is 16.3 Å². The van der Waals surface area contributed by atoms with Gasteiger partial charge in [-0.05, 0) is 67.1 Å². The minimum atomic E-state index is -0.221. The zero-order valence-corrected chi connectivity index (χ0v) is 17.6. The fraction of sp³-hybridized carbons (Fsp3) is 0.130. The number of rotatable bonds is 6. The topological polar surface area (TPSA) is 64.4 Å². The third-order valence-corrected chi connectivity index (χ3v) is 4.94. The van der Waals surface area contributed by atoms with Gasteiger partial charge >= 0.3 is 0 Å². The normalized spacial score (nSPS) is 10.9. The molecular formula is C23H18Cl2N2O3. The van der Waals surface area contributed by atoms with E-state index in [2.05, 4.69) is 10.3 Å². The van der Waals surface area contributed by atoms with Gasteiger partial charge in [-0.1, -0.05) is 30.1 Å². The lowest BCUT2D eigenvalue weighted by atomic mass is 10.2. The van der Waals surface area contributed by atoms with Crippen LogP contribution in [0.4, 0.5) is 5.69 Å². The molecule has 0 bridgehead atoms. The number of oxazole rings is 1. The molecule has 1 N–H and O–H groups in total. The first kappa shape index (κ1) is 20.3. The van der Waals surface area contributed by atoms with Crippen molar-refractivity contribution in [1.29, 1.82) is 0 Å². The zero-order valence-electron chi connectivity index (χ0n) is 16.1. The summed E-state index contributed by atoms with van der Waals surface area (Å²) in [5, 5.41) is 3.87. The molecule has 7 heteroatoms. The van der Waals surface area contributed by atoms with Crippen molar-refractivity contribution in [3.63, 3.8) is 0 Å². The highest BCUT2D eigenvalue weighted by molar-refractivity contribution is 6.36. The van der Waals surface area contributed by atoms with E-state index < -0.39 is 0 Å². The van der Waals surface area contributed by atoms with Crippen molar-refractivity contribution in [3.8, 4) is 17.2 Å². The summed E-state index contributed by atoms with van der Waals surface area (Å²) in [6, 6.07) is 17.4. The molecule has 30 heavy (non-hydrogen) atoms. The summed E-state index contributed by atoms with van der Waals surface area (Å²) >= 11 is 12.2. The second kappa shape index (κ2) is 8.78. The Morgan fingerprint density at radius 1 is 1.07 bits per heavy atom. The lowest BCUT2D eigenvalue weighted by molar-refractivity contribution is 0.102. The molecule has 0 unspecified atom stereocenters. The summed E-state index contributed by atoms with van der Waals surface area (Å²) < 4.78 is 11.3. The third kappa shape index (κ3) is 4.42. The first-order chi connectivity index (χ1) is 14.5. The number of hydrogen-bond donors (Lipinski definition) is 1. The van der Waals surface area contributed by atoms with Crippen LogP contribution in [-0.2, 0) is 0 Å². The molecule has 1 heterocycles. The van der Waals surface area contributed by atoms with Crippen molar-refractivity contribution in [1.82, 2.24) is 4.98 Å². The molecule has 3 aromatic carbocycles. The van der Waals surface area contributed by atoms with E-state index in [1.807, 2.05) is 6.92 Å². The number of halogens is 2. The highest BCUT2D eigenvalue weighted by atomic mass is 35.5. The molecule has 152 valence electrons. The van der Waals surface area contributed by atoms with Gasteiger partial charge in [0.15, 0.2) is 5.58 Å². The van der Waals surface area contributed by atoms with Crippen LogP contribution in [0.1, 0.15) is 23.7 Å². The first-order valence-corrected chi connectivity index (χ1v) is 10.2. The summed E-state index contributed by atoms with van der Waals surface area (Å²) in [7, 11) is 0. The van der Waals surface area contributed by atoms with Gasteiger partial charge in [-0.15, -0.1) is 0 Å². The second-order valence-corrected chi connectivity index (χ2v) is 7.50. The van der Waals surface area contributed by atoms with E-state index in [0.29, 0.717) is 50.5 Å². The van der Waals surface area contributed by atoms with Gasteiger partial charge in [0.1, 0.15) is 11.3 Å². The number of nitrogens with zero attached hydrogens (tertiary/aromatic N) is 1. The maximum Gasteiger partial charge on any atom is 0.255 e. The highest BCUT2D eigenvalue weighted by Crippen LogP contribution is 2.32. The Labute approximate surface area is 183 Å². The number of benzene rings is 3. The minimum absolute atomic E-state index is 0.221. The molecule has 0 fully saturated rings. The standard InChI is InChI=1S/C23H18Cl2N2O3/c1-2-11-29-17-7-3-14(4-8-17)22(28)26-16-6-10-21-20(13-16)27-23(30-21)18-9-5-15(24)12-19(18)25/h3-10,12-13H,2,11H2,1H3,(H,26,28). The molecule has 5 nitrogen and oxygen atoms in total. The SMILES string of the molecule is CCCOc1ccc(C(=O)Nc2ccc3oc(-c4ccc(Cl)cc4Cl)nc3c2)cc1. The van der Waals surface area contributed by atoms with E-state index in [1.54, 1.807) is 60.7 Å². The summed E-state index contributed by atoms with van der Waals surface area (Å²) in [6.07, 6.45) is 0.929. The van der Waals surface area contributed by atoms with Crippen molar-refractivity contribution < 1.29 is 13.9 Å². The molecule has 4 rings (SSSR count). The molecule has 0 atom stereocenters. The summed E-state index contributed by atoms with van der Waals surface area (Å²) in [5.74, 6) is 0.907. The van der Waals surface area contributed by atoms with Crippen LogP contribution in [0, 0.1) is 0 Å². The summed E-state index contributed by atoms with van der Waals surface area (Å²) in [6.45, 7) is 2.69. The average molecular weight is 441 g/mol. The molecule has 1 amide bonds. The van der Waals surface area contributed by atoms with Gasteiger partial charge in [-0.3, -0.25) is 4.79 Å². The highest BCUT2D eigenvalue weighted by Gasteiger charge is 2.13. The van der Waals surface area contributed by atoms with Crippen molar-refractivity contribution in [3.05, 3.63) is 76.3 Å². The molecular weight excluding hydrogens is 423 g/mol. The van der Waals surface area contributed by atoms with Gasteiger partial charge < -0.3 is 14.5 Å². The smallest absolute Gasteiger partial charge is 0.255 e. The van der Waals surface area contributed by atoms with E-state index in [0.717, 1.165) is 12.2 Å². The van der Waals surface area contributed by atoms with E-state index in [-0.39, 0.29) is 5.91 Å². The van der Waals surface area contributed by atoms with E-state index >= 15 is 0 Å². The number of carbonyl (C=O) groups is 1. The van der Waals surface area contributed by atoms with E-state index in [4.69, 9.17) is 32.4 Å². The monoisotopic (exact) mass is 440 g/mol. The number of carbonyl (C=O) groups excluding carboxylic acids is 1. The van der Waals surface area contributed by atoms with Gasteiger partial charge in [-0.2, -0.15) is 0 Å². The Hall–Kier alpha value is -3.02. The molecule has 4 aromatic rings. The number of aromatic nitrogens is 1. The number of amides is 1. The Bertz CT molecular complexity index is 1200. The summed E-state index contributed by atoms with van der Waals surface area (Å²) in [5.41, 5.74) is 2.99. The third-order valence-electron chi connectivity index (χ3n) is 4.40. The molecule has 0 aliphatic heterocycles. The lowest BCUT2D eigenvalue weighted by Gasteiger charge is -2.07. The van der Waals surface area contributed by atoms with Crippen LogP contribution >= 0.6 is 23.2 Å². The fourth-order valence-electron chi connectivity index (χ4n) is 2.91. The Morgan fingerprint density at radius 3 is 2.60 bits per heavy atom. The van der Waals surface area contributed by atoms with Crippen LogP contribution in [0.5, 0.6) is 5.75 Å². The lowest BCUT2D eigenvalue weighted by Crippen LogP contribution is -2.11. The van der Waals surface area contributed by atoms with E-state index in [1.165, 1.54) is 0 Å². The molecule has 0 aliphatic rings. The van der Waals surface area contributed by atoms with Crippen LogP contribution in [0.2, 0.25) is 10.0 Å². The van der Waals surface area contributed by atoms with Gasteiger partial charge in [0.2, 0.25) is 5.89 Å². The van der Waals surface area contributed by atoms with E-state index in [9.17, 15) is 4.79 Å². The average Bonchev–Trinajstić information content (AvgIpc) is 3.15. The Morgan fingerprint density at radius 2 is 1.87 bits per heavy atom. The van der Waals surface area contributed by atoms with Gasteiger partial charge in [-0.25, -0.2) is 4.98 Å². The summed E-state index contributed by atoms with van der Waals surface area (Å²) in [4.78, 5) is 17.0. The van der Waals surface area contributed by atoms with Gasteiger partial charge in [0.05, 0.1) is 17.2 Å². The fourth-order valence-corrected chi connectivity index (χ4v) is 3.40. The maximum atomic E-state index is 12.6. The number of hydrogen-bond acceptors (Lipinski definition) is 4. The maximum absolute atomic E-state index is 12.6. The van der Waals surface area contributed by atoms with Crippen LogP contribution in [0.3, 0.4) is 0 Å². The quantitative estimate of drug-likeness (QED) is 0.356. The van der Waals surface area contributed by atoms with Gasteiger partial charge in [0.25, 0.3) is 5.91 Å². The van der Waals surface area contributed by atoms with Crippen molar-refractivity contribution >= 4 is 45.9 Å². The van der Waals surface area contributed by atoms with Crippen molar-refractivity contribution in [2.24, 2.45) is 0 Å². The largest absolute Gasteiger partial charge is 0.494 e. The predicted molar refractivity (Wildman–Crippen MR) is 120 cm³/mol. The zero-order chi connectivity index (χ0) is 21.1. The van der Waals surface area contributed by atoms with Crippen molar-refractivity contribution in [2.75, 3.05) is 11.9 Å². The minimum Gasteiger partial charge on any atom is -0.494 e.